The first kappa shape index (κ1) is 24.2. The molecule has 9 nitrogen and oxygen atoms in total. The number of morpholine rings is 1. The minimum Gasteiger partial charge on any atom is -0.378 e. The molecule has 0 bridgehead atoms. The van der Waals surface area contributed by atoms with Crippen molar-refractivity contribution in [2.45, 2.75) is 19.3 Å². The Morgan fingerprint density at radius 3 is 2.35 bits per heavy atom. The number of piperidine rings is 1. The molecule has 2 aliphatic heterocycles. The number of carbonyl (C=O) groups excluding carboxylic acids is 1. The summed E-state index contributed by atoms with van der Waals surface area (Å²) in [5, 5.41) is 17.6. The first-order valence-electron chi connectivity index (χ1n) is 11.2. The molecule has 0 spiro atoms. The number of hydrogen-bond acceptors (Lipinski definition) is 7. The normalized spacial score (nSPS) is 16.1. The fraction of sp³-hybridized carbons (Fsp3) is 0.391. The maximum atomic E-state index is 13.1. The van der Waals surface area contributed by atoms with Gasteiger partial charge in [-0.3, -0.25) is 20.2 Å². The summed E-state index contributed by atoms with van der Waals surface area (Å²) in [7, 11) is 0. The van der Waals surface area contributed by atoms with Crippen LogP contribution in [0.5, 0.6) is 0 Å². The molecule has 0 atom stereocenters. The Hall–Kier alpha value is -2.95. The number of thiocarbonyl (C=S) groups is 1. The number of hydrogen-bond donors (Lipinski definition) is 2. The van der Waals surface area contributed by atoms with Gasteiger partial charge in [-0.15, -0.1) is 0 Å². The maximum Gasteiger partial charge on any atom is 0.270 e. The van der Waals surface area contributed by atoms with E-state index in [1.165, 1.54) is 18.6 Å². The summed E-state index contributed by atoms with van der Waals surface area (Å²) in [6.45, 7) is 4.18. The van der Waals surface area contributed by atoms with Crippen molar-refractivity contribution in [3.8, 4) is 0 Å². The predicted octanol–water partition coefficient (Wildman–Crippen LogP) is 4.20. The van der Waals surface area contributed by atoms with E-state index in [0.717, 1.165) is 31.6 Å². The number of amides is 1. The van der Waals surface area contributed by atoms with E-state index in [4.69, 9.17) is 28.6 Å². The van der Waals surface area contributed by atoms with Gasteiger partial charge in [0.2, 0.25) is 0 Å². The Kier molecular flexibility index (Phi) is 7.81. The summed E-state index contributed by atoms with van der Waals surface area (Å²) < 4.78 is 5.38. The van der Waals surface area contributed by atoms with Crippen LogP contribution in [0.4, 0.5) is 22.7 Å². The van der Waals surface area contributed by atoms with Gasteiger partial charge in [-0.05, 0) is 55.7 Å². The lowest BCUT2D eigenvalue weighted by Crippen LogP contribution is -2.39. The van der Waals surface area contributed by atoms with E-state index in [-0.39, 0.29) is 16.4 Å². The molecular weight excluding hydrogens is 478 g/mol. The Morgan fingerprint density at radius 2 is 1.68 bits per heavy atom. The SMILES string of the molecule is O=C(NC(=S)Nc1ccc(N2CCCCC2)c(Cl)c1)c1cc([N+](=O)[O-])ccc1N1CCOCC1. The number of carbonyl (C=O) groups is 1. The van der Waals surface area contributed by atoms with Gasteiger partial charge in [0.1, 0.15) is 0 Å². The fourth-order valence-electron chi connectivity index (χ4n) is 4.21. The molecule has 2 aromatic rings. The van der Waals surface area contributed by atoms with Crippen LogP contribution in [0.1, 0.15) is 29.6 Å². The maximum absolute atomic E-state index is 13.1. The molecule has 1 amide bonds. The second-order valence-electron chi connectivity index (χ2n) is 8.18. The summed E-state index contributed by atoms with van der Waals surface area (Å²) >= 11 is 11.8. The quantitative estimate of drug-likeness (QED) is 0.356. The van der Waals surface area contributed by atoms with Crippen LogP contribution in [-0.4, -0.2) is 55.3 Å². The van der Waals surface area contributed by atoms with E-state index in [9.17, 15) is 14.9 Å². The zero-order valence-electron chi connectivity index (χ0n) is 18.6. The summed E-state index contributed by atoms with van der Waals surface area (Å²) in [4.78, 5) is 28.1. The summed E-state index contributed by atoms with van der Waals surface area (Å²) in [5.41, 5.74) is 2.24. The van der Waals surface area contributed by atoms with Crippen LogP contribution >= 0.6 is 23.8 Å². The Bertz CT molecular complexity index is 1090. The van der Waals surface area contributed by atoms with Crippen LogP contribution < -0.4 is 20.4 Å². The smallest absolute Gasteiger partial charge is 0.270 e. The second-order valence-corrected chi connectivity index (χ2v) is 9.00. The number of halogens is 1. The number of nitrogens with one attached hydrogen (secondary N) is 2. The number of non-ortho nitro benzene ring substituents is 1. The number of nitro benzene ring substituents is 1. The van der Waals surface area contributed by atoms with E-state index in [0.29, 0.717) is 42.7 Å². The van der Waals surface area contributed by atoms with Crippen LogP contribution in [0.25, 0.3) is 0 Å². The summed E-state index contributed by atoms with van der Waals surface area (Å²) in [6.07, 6.45) is 3.53. The average molecular weight is 504 g/mol. The third kappa shape index (κ3) is 5.75. The van der Waals surface area contributed by atoms with Crippen molar-refractivity contribution in [3.63, 3.8) is 0 Å². The standard InChI is InChI=1S/C23H26ClN5O4S/c24-19-14-16(4-6-21(19)27-8-2-1-3-9-27)25-23(34)26-22(30)18-15-17(29(31)32)5-7-20(18)28-10-12-33-13-11-28/h4-7,14-15H,1-3,8-13H2,(H2,25,26,30,34). The number of nitro groups is 1. The van der Waals surface area contributed by atoms with E-state index in [1.807, 2.05) is 17.0 Å². The lowest BCUT2D eigenvalue weighted by molar-refractivity contribution is -0.384. The predicted molar refractivity (Wildman–Crippen MR) is 137 cm³/mol. The number of nitrogens with zero attached hydrogens (tertiary/aromatic N) is 3. The van der Waals surface area contributed by atoms with Gasteiger partial charge in [0.15, 0.2) is 5.11 Å². The van der Waals surface area contributed by atoms with Crippen LogP contribution in [-0.2, 0) is 4.74 Å². The van der Waals surface area contributed by atoms with Gasteiger partial charge >= 0.3 is 0 Å². The van der Waals surface area contributed by atoms with Gasteiger partial charge in [-0.25, -0.2) is 0 Å². The van der Waals surface area contributed by atoms with Crippen molar-refractivity contribution in [1.82, 2.24) is 5.32 Å². The third-order valence-corrected chi connectivity index (χ3v) is 6.42. The molecule has 180 valence electrons. The highest BCUT2D eigenvalue weighted by Crippen LogP contribution is 2.31. The van der Waals surface area contributed by atoms with Gasteiger partial charge < -0.3 is 19.9 Å². The van der Waals surface area contributed by atoms with E-state index >= 15 is 0 Å². The van der Waals surface area contributed by atoms with Gasteiger partial charge in [0.25, 0.3) is 11.6 Å². The molecule has 0 saturated carbocycles. The van der Waals surface area contributed by atoms with Gasteiger partial charge in [0, 0.05) is 44.0 Å². The van der Waals surface area contributed by atoms with Crippen LogP contribution in [0.2, 0.25) is 5.02 Å². The van der Waals surface area contributed by atoms with Crippen molar-refractivity contribution < 1.29 is 14.5 Å². The first-order valence-corrected chi connectivity index (χ1v) is 12.0. The zero-order valence-corrected chi connectivity index (χ0v) is 20.2. The zero-order chi connectivity index (χ0) is 24.1. The monoisotopic (exact) mass is 503 g/mol. The van der Waals surface area contributed by atoms with Crippen molar-refractivity contribution in [2.75, 3.05) is 54.5 Å². The molecular formula is C23H26ClN5O4S. The van der Waals surface area contributed by atoms with Gasteiger partial charge in [-0.1, -0.05) is 11.6 Å². The lowest BCUT2D eigenvalue weighted by atomic mass is 10.1. The molecule has 0 unspecified atom stereocenters. The van der Waals surface area contributed by atoms with Crippen molar-refractivity contribution in [2.24, 2.45) is 0 Å². The largest absolute Gasteiger partial charge is 0.378 e. The highest BCUT2D eigenvalue weighted by molar-refractivity contribution is 7.80. The topological polar surface area (TPSA) is 100.0 Å². The number of anilines is 3. The van der Waals surface area contributed by atoms with Crippen LogP contribution in [0.3, 0.4) is 0 Å². The Morgan fingerprint density at radius 1 is 1.00 bits per heavy atom. The van der Waals surface area contributed by atoms with Crippen molar-refractivity contribution in [1.29, 1.82) is 0 Å². The minimum atomic E-state index is -0.529. The molecule has 0 radical (unpaired) electrons. The Labute approximate surface area is 208 Å². The van der Waals surface area contributed by atoms with E-state index in [1.54, 1.807) is 12.1 Å². The van der Waals surface area contributed by atoms with Crippen molar-refractivity contribution >= 4 is 57.6 Å². The molecule has 2 heterocycles. The van der Waals surface area contributed by atoms with Crippen molar-refractivity contribution in [3.05, 3.63) is 57.1 Å². The fourth-order valence-corrected chi connectivity index (χ4v) is 4.72. The molecule has 2 fully saturated rings. The van der Waals surface area contributed by atoms with E-state index in [2.05, 4.69) is 15.5 Å². The highest BCUT2D eigenvalue weighted by Gasteiger charge is 2.23. The molecule has 2 N–H and O–H groups in total. The van der Waals surface area contributed by atoms with Crippen LogP contribution in [0.15, 0.2) is 36.4 Å². The molecule has 0 aliphatic carbocycles. The number of ether oxygens (including phenoxy) is 1. The molecule has 11 heteroatoms. The first-order chi connectivity index (χ1) is 16.4. The minimum absolute atomic E-state index is 0.0752. The molecule has 0 aromatic heterocycles. The highest BCUT2D eigenvalue weighted by atomic mass is 35.5. The van der Waals surface area contributed by atoms with Gasteiger partial charge in [0.05, 0.1) is 40.1 Å². The third-order valence-electron chi connectivity index (χ3n) is 5.92. The molecule has 2 aromatic carbocycles. The molecule has 34 heavy (non-hydrogen) atoms. The Balaban J connectivity index is 1.47. The lowest BCUT2D eigenvalue weighted by Gasteiger charge is -2.30. The molecule has 4 rings (SSSR count). The summed E-state index contributed by atoms with van der Waals surface area (Å²) in [5.74, 6) is -0.529. The average Bonchev–Trinajstić information content (AvgIpc) is 2.84. The molecule has 2 saturated heterocycles. The number of benzene rings is 2. The summed E-state index contributed by atoms with van der Waals surface area (Å²) in [6, 6.07) is 9.83. The second kappa shape index (κ2) is 11.0. The van der Waals surface area contributed by atoms with Crippen LogP contribution in [0, 0.1) is 10.1 Å². The molecule has 2 aliphatic rings. The number of rotatable bonds is 5. The van der Waals surface area contributed by atoms with Gasteiger partial charge in [-0.2, -0.15) is 0 Å². The van der Waals surface area contributed by atoms with E-state index < -0.39 is 10.8 Å².